The molecule has 2 rings (SSSR count). The summed E-state index contributed by atoms with van der Waals surface area (Å²) in [5.74, 6) is 0.634. The lowest BCUT2D eigenvalue weighted by atomic mass is 10.2. The topological polar surface area (TPSA) is 56.8 Å². The Morgan fingerprint density at radius 2 is 1.79 bits per heavy atom. The lowest BCUT2D eigenvalue weighted by Crippen LogP contribution is -2.12. The molecule has 0 saturated heterocycles. The zero-order valence-corrected chi connectivity index (χ0v) is 14.8. The van der Waals surface area contributed by atoms with Gasteiger partial charge >= 0.3 is 0 Å². The maximum Gasteiger partial charge on any atom is 0.255 e. The van der Waals surface area contributed by atoms with Crippen LogP contribution < -0.4 is 14.8 Å². The number of ether oxygens (including phenoxy) is 3. The number of carbonyl (C=O) groups is 1. The van der Waals surface area contributed by atoms with Crippen molar-refractivity contribution in [2.75, 3.05) is 32.8 Å². The van der Waals surface area contributed by atoms with Gasteiger partial charge in [0.15, 0.2) is 5.75 Å². The molecule has 0 aliphatic carbocycles. The lowest BCUT2D eigenvalue weighted by molar-refractivity contribution is 0.102. The first-order valence-corrected chi connectivity index (χ1v) is 7.87. The molecule has 1 N–H and O–H groups in total. The minimum Gasteiger partial charge on any atom is -0.494 e. The summed E-state index contributed by atoms with van der Waals surface area (Å²) >= 11 is 12.1. The van der Waals surface area contributed by atoms with Crippen molar-refractivity contribution in [3.05, 3.63) is 52.0 Å². The molecule has 0 aliphatic heterocycles. The summed E-state index contributed by atoms with van der Waals surface area (Å²) in [6, 6.07) is 10.1. The van der Waals surface area contributed by atoms with E-state index >= 15 is 0 Å². The monoisotopic (exact) mass is 369 g/mol. The van der Waals surface area contributed by atoms with Gasteiger partial charge in [0.05, 0.1) is 23.8 Å². The summed E-state index contributed by atoms with van der Waals surface area (Å²) in [6.07, 6.45) is 0. The average Bonchev–Trinajstić information content (AvgIpc) is 2.55. The van der Waals surface area contributed by atoms with Crippen molar-refractivity contribution in [1.29, 1.82) is 0 Å². The van der Waals surface area contributed by atoms with E-state index in [0.717, 1.165) is 0 Å². The Morgan fingerprint density at radius 3 is 2.42 bits per heavy atom. The van der Waals surface area contributed by atoms with Gasteiger partial charge in [-0.3, -0.25) is 4.79 Å². The van der Waals surface area contributed by atoms with Gasteiger partial charge in [0.25, 0.3) is 5.91 Å². The minimum absolute atomic E-state index is 0.270. The Hall–Kier alpha value is -1.95. The largest absolute Gasteiger partial charge is 0.494 e. The molecule has 0 bridgehead atoms. The Kier molecular flexibility index (Phi) is 6.73. The Morgan fingerprint density at radius 1 is 1.08 bits per heavy atom. The van der Waals surface area contributed by atoms with Gasteiger partial charge in [0, 0.05) is 24.4 Å². The van der Waals surface area contributed by atoms with Crippen LogP contribution in [0.25, 0.3) is 0 Å². The zero-order chi connectivity index (χ0) is 17.5. The summed E-state index contributed by atoms with van der Waals surface area (Å²) in [7, 11) is 3.06. The Balaban J connectivity index is 2.11. The fourth-order valence-corrected chi connectivity index (χ4v) is 2.64. The van der Waals surface area contributed by atoms with Crippen molar-refractivity contribution in [2.24, 2.45) is 0 Å². The van der Waals surface area contributed by atoms with E-state index < -0.39 is 0 Å². The minimum atomic E-state index is -0.338. The Bertz CT molecular complexity index is 698. The molecule has 0 unspecified atom stereocenters. The molecular weight excluding hydrogens is 353 g/mol. The molecule has 1 amide bonds. The first kappa shape index (κ1) is 18.4. The van der Waals surface area contributed by atoms with Crippen molar-refractivity contribution in [3.63, 3.8) is 0 Å². The van der Waals surface area contributed by atoms with Crippen molar-refractivity contribution in [3.8, 4) is 11.5 Å². The number of nitrogens with one attached hydrogen (secondary N) is 1. The van der Waals surface area contributed by atoms with Crippen molar-refractivity contribution < 1.29 is 19.0 Å². The lowest BCUT2D eigenvalue weighted by Gasteiger charge is -2.11. The van der Waals surface area contributed by atoms with E-state index in [2.05, 4.69) is 5.32 Å². The van der Waals surface area contributed by atoms with Crippen LogP contribution in [0.15, 0.2) is 36.4 Å². The molecule has 0 atom stereocenters. The van der Waals surface area contributed by atoms with Crippen LogP contribution in [0.2, 0.25) is 10.0 Å². The van der Waals surface area contributed by atoms with Gasteiger partial charge < -0.3 is 19.5 Å². The second-order valence-corrected chi connectivity index (χ2v) is 5.61. The number of halogens is 2. The maximum absolute atomic E-state index is 12.4. The highest BCUT2D eigenvalue weighted by Crippen LogP contribution is 2.34. The summed E-state index contributed by atoms with van der Waals surface area (Å²) in [6.45, 7) is 0.914. The van der Waals surface area contributed by atoms with E-state index in [9.17, 15) is 4.79 Å². The maximum atomic E-state index is 12.4. The summed E-state index contributed by atoms with van der Waals surface area (Å²) in [4.78, 5) is 12.4. The van der Waals surface area contributed by atoms with Gasteiger partial charge in [-0.1, -0.05) is 29.3 Å². The molecular formula is C17H17Cl2NO4. The van der Waals surface area contributed by atoms with Gasteiger partial charge in [-0.2, -0.15) is 0 Å². The number of anilines is 1. The molecule has 0 fully saturated rings. The number of benzene rings is 2. The van der Waals surface area contributed by atoms with Crippen LogP contribution in [0.4, 0.5) is 5.69 Å². The van der Waals surface area contributed by atoms with Gasteiger partial charge in [0.2, 0.25) is 0 Å². The molecule has 2 aromatic rings. The predicted octanol–water partition coefficient (Wildman–Crippen LogP) is 4.28. The number of rotatable bonds is 7. The third-order valence-electron chi connectivity index (χ3n) is 3.11. The second-order valence-electron chi connectivity index (χ2n) is 4.80. The Labute approximate surface area is 150 Å². The van der Waals surface area contributed by atoms with E-state index in [4.69, 9.17) is 37.4 Å². The van der Waals surface area contributed by atoms with E-state index in [-0.39, 0.29) is 16.0 Å². The fourth-order valence-electron chi connectivity index (χ4n) is 2.00. The van der Waals surface area contributed by atoms with Crippen molar-refractivity contribution in [1.82, 2.24) is 0 Å². The SMILES string of the molecule is COCCOc1cccc(NC(=O)c2cc(Cl)c(OC)c(Cl)c2)c1. The molecule has 24 heavy (non-hydrogen) atoms. The highest BCUT2D eigenvalue weighted by molar-refractivity contribution is 6.37. The highest BCUT2D eigenvalue weighted by atomic mass is 35.5. The second kappa shape index (κ2) is 8.78. The van der Waals surface area contributed by atoms with Crippen LogP contribution in [0.5, 0.6) is 11.5 Å². The molecule has 0 radical (unpaired) electrons. The molecule has 0 heterocycles. The first-order chi connectivity index (χ1) is 11.5. The van der Waals surface area contributed by atoms with Crippen LogP contribution >= 0.6 is 23.2 Å². The summed E-state index contributed by atoms with van der Waals surface area (Å²) < 4.78 is 15.5. The molecule has 0 aromatic heterocycles. The normalized spacial score (nSPS) is 10.3. The molecule has 0 aliphatic rings. The number of carbonyl (C=O) groups excluding carboxylic acids is 1. The third kappa shape index (κ3) is 4.77. The summed E-state index contributed by atoms with van der Waals surface area (Å²) in [5, 5.41) is 3.31. The molecule has 7 heteroatoms. The van der Waals surface area contributed by atoms with E-state index in [1.54, 1.807) is 31.4 Å². The third-order valence-corrected chi connectivity index (χ3v) is 3.67. The number of hydrogen-bond donors (Lipinski definition) is 1. The van der Waals surface area contributed by atoms with Gasteiger partial charge in [-0.15, -0.1) is 0 Å². The van der Waals surface area contributed by atoms with Crippen LogP contribution in [-0.4, -0.2) is 33.3 Å². The van der Waals surface area contributed by atoms with Crippen LogP contribution in [0.3, 0.4) is 0 Å². The molecule has 5 nitrogen and oxygen atoms in total. The van der Waals surface area contributed by atoms with E-state index in [1.807, 2.05) is 0 Å². The average molecular weight is 370 g/mol. The molecule has 128 valence electrons. The number of methoxy groups -OCH3 is 2. The summed E-state index contributed by atoms with van der Waals surface area (Å²) in [5.41, 5.74) is 0.925. The predicted molar refractivity (Wildman–Crippen MR) is 94.8 cm³/mol. The number of amides is 1. The van der Waals surface area contributed by atoms with E-state index in [0.29, 0.717) is 36.0 Å². The van der Waals surface area contributed by atoms with Crippen LogP contribution in [0.1, 0.15) is 10.4 Å². The van der Waals surface area contributed by atoms with Crippen molar-refractivity contribution in [2.45, 2.75) is 0 Å². The first-order valence-electron chi connectivity index (χ1n) is 7.11. The van der Waals surface area contributed by atoms with Crippen LogP contribution in [-0.2, 0) is 4.74 Å². The number of hydrogen-bond acceptors (Lipinski definition) is 4. The quantitative estimate of drug-likeness (QED) is 0.740. The van der Waals surface area contributed by atoms with E-state index in [1.165, 1.54) is 19.2 Å². The highest BCUT2D eigenvalue weighted by Gasteiger charge is 2.14. The smallest absolute Gasteiger partial charge is 0.255 e. The fraction of sp³-hybridized carbons (Fsp3) is 0.235. The molecule has 2 aromatic carbocycles. The van der Waals surface area contributed by atoms with Crippen LogP contribution in [0, 0.1) is 0 Å². The standard InChI is InChI=1S/C17H17Cl2NO4/c1-22-6-7-24-13-5-3-4-12(10-13)20-17(21)11-8-14(18)16(23-2)15(19)9-11/h3-5,8-10H,6-7H2,1-2H3,(H,20,21). The van der Waals surface area contributed by atoms with Crippen molar-refractivity contribution >= 4 is 34.8 Å². The zero-order valence-electron chi connectivity index (χ0n) is 13.3. The molecule has 0 spiro atoms. The van der Waals surface area contributed by atoms with Gasteiger partial charge in [-0.05, 0) is 24.3 Å². The van der Waals surface area contributed by atoms with Gasteiger partial charge in [-0.25, -0.2) is 0 Å². The molecule has 0 saturated carbocycles. The van der Waals surface area contributed by atoms with Gasteiger partial charge in [0.1, 0.15) is 12.4 Å².